The molecule has 1 unspecified atom stereocenters. The number of carbonyl (C=O) groups excluding carboxylic acids is 1. The number of carbonyl (C=O) groups is 1. The lowest BCUT2D eigenvalue weighted by Gasteiger charge is -2.19. The summed E-state index contributed by atoms with van der Waals surface area (Å²) in [5.41, 5.74) is 2.30. The van der Waals surface area contributed by atoms with Crippen LogP contribution in [0.3, 0.4) is 0 Å². The molecule has 2 aliphatic rings. The summed E-state index contributed by atoms with van der Waals surface area (Å²) in [4.78, 5) is 21.0. The molecule has 3 rings (SSSR count). The van der Waals surface area contributed by atoms with Crippen molar-refractivity contribution in [1.29, 1.82) is 0 Å². The van der Waals surface area contributed by atoms with Crippen molar-refractivity contribution in [2.45, 2.75) is 25.8 Å². The van der Waals surface area contributed by atoms with Gasteiger partial charge in [-0.15, -0.1) is 0 Å². The van der Waals surface area contributed by atoms with Gasteiger partial charge in [0.1, 0.15) is 5.82 Å². The Hall–Kier alpha value is -1.53. The van der Waals surface area contributed by atoms with Gasteiger partial charge in [-0.2, -0.15) is 0 Å². The van der Waals surface area contributed by atoms with Gasteiger partial charge in [0.2, 0.25) is 0 Å². The fraction of sp³-hybridized carbons (Fsp3) is 0.643. The molecule has 0 aliphatic carbocycles. The van der Waals surface area contributed by atoms with E-state index in [0.717, 1.165) is 56.1 Å². The molecular weight excluding hydrogens is 258 g/mol. The first-order valence-corrected chi connectivity index (χ1v) is 7.03. The minimum absolute atomic E-state index is 0.366. The molecule has 108 valence electrons. The Morgan fingerprint density at radius 1 is 1.50 bits per heavy atom. The predicted molar refractivity (Wildman–Crippen MR) is 71.4 cm³/mol. The number of hydrogen-bond donors (Lipinski definition) is 1. The molecule has 20 heavy (non-hydrogen) atoms. The van der Waals surface area contributed by atoms with Crippen LogP contribution < -0.4 is 5.32 Å². The highest BCUT2D eigenvalue weighted by Crippen LogP contribution is 2.20. The van der Waals surface area contributed by atoms with Gasteiger partial charge in [0.15, 0.2) is 5.69 Å². The Morgan fingerprint density at radius 2 is 2.40 bits per heavy atom. The van der Waals surface area contributed by atoms with Crippen LogP contribution >= 0.6 is 0 Å². The number of ether oxygens (including phenoxy) is 2. The third kappa shape index (κ3) is 2.66. The molecule has 0 amide bonds. The first kappa shape index (κ1) is 13.5. The van der Waals surface area contributed by atoms with Crippen molar-refractivity contribution in [3.63, 3.8) is 0 Å². The lowest BCUT2D eigenvalue weighted by Crippen LogP contribution is -2.29. The number of hydrogen-bond acceptors (Lipinski definition) is 6. The molecule has 1 aromatic heterocycles. The second-order valence-corrected chi connectivity index (χ2v) is 5.27. The zero-order valence-corrected chi connectivity index (χ0v) is 11.6. The van der Waals surface area contributed by atoms with Crippen LogP contribution in [0, 0.1) is 5.92 Å². The summed E-state index contributed by atoms with van der Waals surface area (Å²) >= 11 is 0. The second kappa shape index (κ2) is 5.85. The Balaban J connectivity index is 1.92. The smallest absolute Gasteiger partial charge is 0.357 e. The zero-order valence-electron chi connectivity index (χ0n) is 11.6. The maximum atomic E-state index is 11.9. The molecule has 1 N–H and O–H groups in total. The summed E-state index contributed by atoms with van der Waals surface area (Å²) in [6.45, 7) is 3.10. The Kier molecular flexibility index (Phi) is 3.93. The number of nitrogens with zero attached hydrogens (tertiary/aromatic N) is 2. The van der Waals surface area contributed by atoms with E-state index in [1.807, 2.05) is 0 Å². The van der Waals surface area contributed by atoms with Gasteiger partial charge >= 0.3 is 5.97 Å². The number of rotatable bonds is 3. The average Bonchev–Trinajstić information content (AvgIpc) is 2.98. The van der Waals surface area contributed by atoms with Gasteiger partial charge in [0.25, 0.3) is 0 Å². The van der Waals surface area contributed by atoms with Crippen LogP contribution in [-0.2, 0) is 28.9 Å². The van der Waals surface area contributed by atoms with Crippen LogP contribution in [0.15, 0.2) is 0 Å². The maximum Gasteiger partial charge on any atom is 0.357 e. The first-order valence-electron chi connectivity index (χ1n) is 7.03. The van der Waals surface area contributed by atoms with Gasteiger partial charge in [-0.1, -0.05) is 0 Å². The molecule has 0 bridgehead atoms. The van der Waals surface area contributed by atoms with E-state index in [0.29, 0.717) is 18.2 Å². The van der Waals surface area contributed by atoms with Crippen molar-refractivity contribution in [2.75, 3.05) is 26.9 Å². The van der Waals surface area contributed by atoms with Crippen molar-refractivity contribution in [3.05, 3.63) is 22.8 Å². The van der Waals surface area contributed by atoms with Crippen molar-refractivity contribution in [3.8, 4) is 0 Å². The topological polar surface area (TPSA) is 73.3 Å². The molecule has 0 radical (unpaired) electrons. The molecule has 1 fully saturated rings. The van der Waals surface area contributed by atoms with Gasteiger partial charge in [-0.25, -0.2) is 14.8 Å². The summed E-state index contributed by atoms with van der Waals surface area (Å²) in [5.74, 6) is 0.813. The molecule has 3 heterocycles. The minimum Gasteiger partial charge on any atom is -0.464 e. The quantitative estimate of drug-likeness (QED) is 0.811. The number of esters is 1. The fourth-order valence-corrected chi connectivity index (χ4v) is 2.77. The van der Waals surface area contributed by atoms with E-state index in [2.05, 4.69) is 15.3 Å². The number of aromatic nitrogens is 2. The summed E-state index contributed by atoms with van der Waals surface area (Å²) in [6.07, 6.45) is 2.57. The third-order valence-corrected chi connectivity index (χ3v) is 3.86. The maximum absolute atomic E-state index is 11.9. The number of nitrogens with one attached hydrogen (secondary N) is 1. The van der Waals surface area contributed by atoms with Gasteiger partial charge < -0.3 is 14.8 Å². The number of methoxy groups -OCH3 is 1. The Morgan fingerprint density at radius 3 is 3.15 bits per heavy atom. The van der Waals surface area contributed by atoms with E-state index in [1.54, 1.807) is 0 Å². The molecule has 1 saturated heterocycles. The second-order valence-electron chi connectivity index (χ2n) is 5.27. The highest BCUT2D eigenvalue weighted by atomic mass is 16.5. The van der Waals surface area contributed by atoms with Crippen LogP contribution in [0.5, 0.6) is 0 Å². The van der Waals surface area contributed by atoms with Crippen LogP contribution in [0.1, 0.15) is 34.0 Å². The van der Waals surface area contributed by atoms with E-state index in [1.165, 1.54) is 7.11 Å². The van der Waals surface area contributed by atoms with E-state index in [4.69, 9.17) is 9.47 Å². The van der Waals surface area contributed by atoms with Crippen LogP contribution in [0.2, 0.25) is 0 Å². The van der Waals surface area contributed by atoms with Gasteiger partial charge in [-0.3, -0.25) is 0 Å². The van der Waals surface area contributed by atoms with Crippen LogP contribution in [0.25, 0.3) is 0 Å². The third-order valence-electron chi connectivity index (χ3n) is 3.86. The van der Waals surface area contributed by atoms with Gasteiger partial charge in [0.05, 0.1) is 12.8 Å². The SMILES string of the molecule is COC(=O)c1nc(CC2CCOC2)nc2c1CCNC2. The molecule has 1 aromatic rings. The summed E-state index contributed by atoms with van der Waals surface area (Å²) < 4.78 is 10.2. The van der Waals surface area contributed by atoms with E-state index in [-0.39, 0.29) is 5.97 Å². The molecule has 1 atom stereocenters. The minimum atomic E-state index is -0.366. The molecule has 0 saturated carbocycles. The zero-order chi connectivity index (χ0) is 13.9. The average molecular weight is 277 g/mol. The lowest BCUT2D eigenvalue weighted by atomic mass is 10.0. The Bertz CT molecular complexity index is 513. The van der Waals surface area contributed by atoms with Crippen molar-refractivity contribution in [1.82, 2.24) is 15.3 Å². The van der Waals surface area contributed by atoms with Gasteiger partial charge in [-0.05, 0) is 25.3 Å². The Labute approximate surface area is 117 Å². The molecule has 6 nitrogen and oxygen atoms in total. The monoisotopic (exact) mass is 277 g/mol. The summed E-state index contributed by atoms with van der Waals surface area (Å²) in [6, 6.07) is 0. The molecule has 2 aliphatic heterocycles. The van der Waals surface area contributed by atoms with Crippen molar-refractivity contribution >= 4 is 5.97 Å². The fourth-order valence-electron chi connectivity index (χ4n) is 2.77. The van der Waals surface area contributed by atoms with E-state index >= 15 is 0 Å². The highest BCUT2D eigenvalue weighted by molar-refractivity contribution is 5.89. The summed E-state index contributed by atoms with van der Waals surface area (Å²) in [7, 11) is 1.39. The largest absolute Gasteiger partial charge is 0.464 e. The highest BCUT2D eigenvalue weighted by Gasteiger charge is 2.24. The van der Waals surface area contributed by atoms with Crippen molar-refractivity contribution < 1.29 is 14.3 Å². The molecule has 6 heteroatoms. The molecule has 0 aromatic carbocycles. The summed E-state index contributed by atoms with van der Waals surface area (Å²) in [5, 5.41) is 3.28. The lowest BCUT2D eigenvalue weighted by molar-refractivity contribution is 0.0591. The standard InChI is InChI=1S/C14H19N3O3/c1-19-14(18)13-10-2-4-15-7-11(10)16-12(17-13)6-9-3-5-20-8-9/h9,15H,2-8H2,1H3. The van der Waals surface area contributed by atoms with Crippen LogP contribution in [-0.4, -0.2) is 42.8 Å². The normalized spacial score (nSPS) is 21.6. The molecular formula is C14H19N3O3. The van der Waals surface area contributed by atoms with Crippen molar-refractivity contribution in [2.24, 2.45) is 5.92 Å². The van der Waals surface area contributed by atoms with E-state index < -0.39 is 0 Å². The van der Waals surface area contributed by atoms with Gasteiger partial charge in [0, 0.05) is 31.7 Å². The molecule has 0 spiro atoms. The predicted octanol–water partition coefficient (Wildman–Crippen LogP) is 0.488. The van der Waals surface area contributed by atoms with E-state index in [9.17, 15) is 4.79 Å². The number of fused-ring (bicyclic) bond motifs is 1. The van der Waals surface area contributed by atoms with Crippen LogP contribution in [0.4, 0.5) is 0 Å². The first-order chi connectivity index (χ1) is 9.78.